The lowest BCUT2D eigenvalue weighted by atomic mass is 9.83. The van der Waals surface area contributed by atoms with Crippen molar-refractivity contribution in [3.63, 3.8) is 0 Å². The van der Waals surface area contributed by atoms with E-state index in [9.17, 15) is 9.18 Å². The largest absolute Gasteiger partial charge is 0.297 e. The van der Waals surface area contributed by atoms with Crippen LogP contribution in [0.1, 0.15) is 45.1 Å². The molecular formula is C29H31FN2O. The molecule has 1 atom stereocenters. The molecule has 1 aliphatic carbocycles. The second-order valence-corrected chi connectivity index (χ2v) is 9.42. The molecule has 0 amide bonds. The van der Waals surface area contributed by atoms with Crippen molar-refractivity contribution < 1.29 is 9.18 Å². The molecular weight excluding hydrogens is 411 g/mol. The number of hydrogen-bond acceptors (Lipinski definition) is 3. The predicted molar refractivity (Wildman–Crippen MR) is 130 cm³/mol. The van der Waals surface area contributed by atoms with E-state index in [0.29, 0.717) is 6.42 Å². The van der Waals surface area contributed by atoms with E-state index >= 15 is 0 Å². The fourth-order valence-corrected chi connectivity index (χ4v) is 5.67. The van der Waals surface area contributed by atoms with Crippen LogP contribution < -0.4 is 0 Å². The van der Waals surface area contributed by atoms with Crippen molar-refractivity contribution in [2.75, 3.05) is 26.2 Å². The van der Waals surface area contributed by atoms with E-state index in [1.54, 1.807) is 12.1 Å². The average Bonchev–Trinajstić information content (AvgIpc) is 3.12. The van der Waals surface area contributed by atoms with Crippen molar-refractivity contribution in [3.05, 3.63) is 106 Å². The van der Waals surface area contributed by atoms with E-state index in [-0.39, 0.29) is 11.6 Å². The Bertz CT molecular complexity index is 1180. The maximum Gasteiger partial charge on any atom is 0.188 e. The normalized spacial score (nSPS) is 21.4. The van der Waals surface area contributed by atoms with Crippen LogP contribution in [0.5, 0.6) is 0 Å². The zero-order valence-corrected chi connectivity index (χ0v) is 19.5. The fourth-order valence-electron chi connectivity index (χ4n) is 5.67. The predicted octanol–water partition coefficient (Wildman–Crippen LogP) is 5.15. The van der Waals surface area contributed by atoms with Gasteiger partial charge in [0.15, 0.2) is 5.78 Å². The third kappa shape index (κ3) is 3.92. The first-order valence-electron chi connectivity index (χ1n) is 12.0. The summed E-state index contributed by atoms with van der Waals surface area (Å²) in [5, 5.41) is 0. The molecule has 0 spiro atoms. The Labute approximate surface area is 195 Å². The second kappa shape index (κ2) is 8.85. The van der Waals surface area contributed by atoms with Gasteiger partial charge in [0.05, 0.1) is 0 Å². The molecule has 3 aromatic rings. The van der Waals surface area contributed by atoms with Crippen LogP contribution in [0, 0.1) is 12.7 Å². The van der Waals surface area contributed by atoms with Gasteiger partial charge >= 0.3 is 0 Å². The van der Waals surface area contributed by atoms with Crippen LogP contribution in [0.3, 0.4) is 0 Å². The molecule has 1 aliphatic heterocycles. The Kier molecular flexibility index (Phi) is 5.90. The van der Waals surface area contributed by atoms with Gasteiger partial charge in [-0.15, -0.1) is 0 Å². The minimum absolute atomic E-state index is 0.105. The van der Waals surface area contributed by atoms with E-state index < -0.39 is 5.54 Å². The first-order chi connectivity index (χ1) is 16.0. The van der Waals surface area contributed by atoms with Crippen molar-refractivity contribution in [1.82, 2.24) is 9.80 Å². The van der Waals surface area contributed by atoms with Crippen LogP contribution in [0.2, 0.25) is 0 Å². The van der Waals surface area contributed by atoms with Crippen LogP contribution in [-0.2, 0) is 24.9 Å². The number of benzene rings is 3. The van der Waals surface area contributed by atoms with Crippen LogP contribution in [0.15, 0.2) is 66.7 Å². The summed E-state index contributed by atoms with van der Waals surface area (Å²) in [5.74, 6) is -0.186. The molecule has 5 rings (SSSR count). The summed E-state index contributed by atoms with van der Waals surface area (Å²) >= 11 is 0. The molecule has 0 N–H and O–H groups in total. The minimum Gasteiger partial charge on any atom is -0.297 e. The number of fused-ring (bicyclic) bond motifs is 1. The Morgan fingerprint density at radius 3 is 2.39 bits per heavy atom. The SMILES string of the molecule is CCc1ccccc1CN1CCN(C2(c3cccc(F)c3)Cc3cc(C)ccc3C2=O)CC1. The monoisotopic (exact) mass is 442 g/mol. The van der Waals surface area contributed by atoms with Crippen molar-refractivity contribution in [2.24, 2.45) is 0 Å². The number of piperazine rings is 1. The minimum atomic E-state index is -0.828. The Morgan fingerprint density at radius 1 is 0.909 bits per heavy atom. The van der Waals surface area contributed by atoms with E-state index in [1.807, 2.05) is 18.2 Å². The maximum absolute atomic E-state index is 14.3. The number of carbonyl (C=O) groups excluding carboxylic acids is 1. The summed E-state index contributed by atoms with van der Waals surface area (Å²) in [5.41, 5.74) is 5.72. The van der Waals surface area contributed by atoms with Gasteiger partial charge in [0.25, 0.3) is 0 Å². The van der Waals surface area contributed by atoms with Crippen molar-refractivity contribution in [1.29, 1.82) is 0 Å². The van der Waals surface area contributed by atoms with E-state index in [0.717, 1.165) is 61.4 Å². The fraction of sp³-hybridized carbons (Fsp3) is 0.345. The highest BCUT2D eigenvalue weighted by Gasteiger charge is 2.51. The molecule has 0 saturated carbocycles. The lowest BCUT2D eigenvalue weighted by Gasteiger charge is -2.45. The zero-order valence-electron chi connectivity index (χ0n) is 19.5. The lowest BCUT2D eigenvalue weighted by Crippen LogP contribution is -2.58. The summed E-state index contributed by atoms with van der Waals surface area (Å²) in [6, 6.07) is 21.4. The Hall–Kier alpha value is -2.82. The standard InChI is InChI=1S/C29H31FN2O/c1-3-22-7-4-5-8-23(22)20-31-13-15-32(16-14-31)29(25-9-6-10-26(30)18-25)19-24-17-21(2)11-12-27(24)28(29)33/h4-12,17-18H,3,13-16,19-20H2,1-2H3. The van der Waals surface area contributed by atoms with Gasteiger partial charge in [-0.1, -0.05) is 67.1 Å². The first-order valence-corrected chi connectivity index (χ1v) is 12.0. The molecule has 4 heteroatoms. The molecule has 1 fully saturated rings. The number of ketones is 1. The Balaban J connectivity index is 1.43. The molecule has 33 heavy (non-hydrogen) atoms. The highest BCUT2D eigenvalue weighted by Crippen LogP contribution is 2.43. The molecule has 3 nitrogen and oxygen atoms in total. The molecule has 0 aromatic heterocycles. The maximum atomic E-state index is 14.3. The molecule has 2 aliphatic rings. The molecule has 1 unspecified atom stereocenters. The molecule has 0 radical (unpaired) electrons. The van der Waals surface area contributed by atoms with Gasteiger partial charge in [0, 0.05) is 44.7 Å². The van der Waals surface area contributed by atoms with Gasteiger partial charge in [-0.05, 0) is 47.7 Å². The van der Waals surface area contributed by atoms with Gasteiger partial charge in [0.2, 0.25) is 0 Å². The summed E-state index contributed by atoms with van der Waals surface area (Å²) < 4.78 is 14.3. The smallest absolute Gasteiger partial charge is 0.188 e. The number of Topliss-reactive ketones (excluding diaryl/α,β-unsaturated/α-hetero) is 1. The van der Waals surface area contributed by atoms with Gasteiger partial charge < -0.3 is 0 Å². The molecule has 3 aromatic carbocycles. The van der Waals surface area contributed by atoms with Gasteiger partial charge in [-0.2, -0.15) is 0 Å². The van der Waals surface area contributed by atoms with Crippen LogP contribution in [0.25, 0.3) is 0 Å². The highest BCUT2D eigenvalue weighted by atomic mass is 19.1. The van der Waals surface area contributed by atoms with Gasteiger partial charge in [-0.25, -0.2) is 4.39 Å². The van der Waals surface area contributed by atoms with Crippen LogP contribution in [-0.4, -0.2) is 41.8 Å². The van der Waals surface area contributed by atoms with Crippen molar-refractivity contribution >= 4 is 5.78 Å². The van der Waals surface area contributed by atoms with Gasteiger partial charge in [0.1, 0.15) is 11.4 Å². The van der Waals surface area contributed by atoms with Gasteiger partial charge in [-0.3, -0.25) is 14.6 Å². The molecule has 1 heterocycles. The van der Waals surface area contributed by atoms with Crippen LogP contribution >= 0.6 is 0 Å². The Morgan fingerprint density at radius 2 is 1.67 bits per heavy atom. The summed E-state index contributed by atoms with van der Waals surface area (Å²) in [6.07, 6.45) is 1.63. The quantitative estimate of drug-likeness (QED) is 0.546. The molecule has 170 valence electrons. The summed E-state index contributed by atoms with van der Waals surface area (Å²) in [6.45, 7) is 8.52. The third-order valence-corrected chi connectivity index (χ3v) is 7.43. The van der Waals surface area contributed by atoms with E-state index in [1.165, 1.54) is 17.2 Å². The molecule has 1 saturated heterocycles. The average molecular weight is 443 g/mol. The summed E-state index contributed by atoms with van der Waals surface area (Å²) in [4.78, 5) is 18.7. The summed E-state index contributed by atoms with van der Waals surface area (Å²) in [7, 11) is 0. The lowest BCUT2D eigenvalue weighted by molar-refractivity contribution is 0.0287. The molecule has 0 bridgehead atoms. The third-order valence-electron chi connectivity index (χ3n) is 7.43. The highest BCUT2D eigenvalue weighted by molar-refractivity contribution is 6.08. The van der Waals surface area contributed by atoms with E-state index in [4.69, 9.17) is 0 Å². The van der Waals surface area contributed by atoms with E-state index in [2.05, 4.69) is 54.0 Å². The number of aryl methyl sites for hydroxylation is 2. The topological polar surface area (TPSA) is 23.6 Å². The van der Waals surface area contributed by atoms with Crippen molar-refractivity contribution in [2.45, 2.75) is 38.8 Å². The number of hydrogen-bond donors (Lipinski definition) is 0. The zero-order chi connectivity index (χ0) is 23.0. The number of nitrogens with zero attached hydrogens (tertiary/aromatic N) is 2. The second-order valence-electron chi connectivity index (χ2n) is 9.42. The first kappa shape index (κ1) is 22.0. The number of halogens is 1. The van der Waals surface area contributed by atoms with Crippen molar-refractivity contribution in [3.8, 4) is 0 Å². The number of rotatable bonds is 5. The van der Waals surface area contributed by atoms with Crippen LogP contribution in [0.4, 0.5) is 4.39 Å². The number of carbonyl (C=O) groups is 1.